The van der Waals surface area contributed by atoms with Crippen molar-refractivity contribution in [3.63, 3.8) is 0 Å². The first-order valence-electron chi connectivity index (χ1n) is 3.06. The standard InChI is InChI=1S/C6H14O3/c1-4(8)6(3-7)5(2)9/h4-9H,3H2,1-2H3/t4-,5-/m0/s1. The quantitative estimate of drug-likeness (QED) is 0.481. The van der Waals surface area contributed by atoms with Gasteiger partial charge in [-0.15, -0.1) is 0 Å². The van der Waals surface area contributed by atoms with Crippen LogP contribution in [0.2, 0.25) is 0 Å². The molecule has 2 atom stereocenters. The van der Waals surface area contributed by atoms with E-state index in [1.54, 1.807) is 13.8 Å². The lowest BCUT2D eigenvalue weighted by Gasteiger charge is -2.19. The van der Waals surface area contributed by atoms with E-state index < -0.39 is 18.1 Å². The van der Waals surface area contributed by atoms with Gasteiger partial charge in [-0.2, -0.15) is 0 Å². The third-order valence-corrected chi connectivity index (χ3v) is 1.45. The summed E-state index contributed by atoms with van der Waals surface area (Å²) in [5.74, 6) is -0.412. The fourth-order valence-electron chi connectivity index (χ4n) is 0.708. The highest BCUT2D eigenvalue weighted by Crippen LogP contribution is 2.06. The van der Waals surface area contributed by atoms with Gasteiger partial charge in [-0.05, 0) is 13.8 Å². The van der Waals surface area contributed by atoms with Gasteiger partial charge in [0.2, 0.25) is 0 Å². The van der Waals surface area contributed by atoms with Gasteiger partial charge in [0.25, 0.3) is 0 Å². The van der Waals surface area contributed by atoms with Crippen molar-refractivity contribution < 1.29 is 15.3 Å². The molecule has 56 valence electrons. The maximum absolute atomic E-state index is 8.86. The smallest absolute Gasteiger partial charge is 0.0586 e. The number of rotatable bonds is 3. The summed E-state index contributed by atoms with van der Waals surface area (Å²) in [5.41, 5.74) is 0. The molecule has 0 aliphatic carbocycles. The van der Waals surface area contributed by atoms with Crippen LogP contribution < -0.4 is 0 Å². The average Bonchev–Trinajstić information content (AvgIpc) is 1.64. The van der Waals surface area contributed by atoms with E-state index in [4.69, 9.17) is 15.3 Å². The Hall–Kier alpha value is -0.120. The zero-order valence-corrected chi connectivity index (χ0v) is 5.78. The zero-order valence-electron chi connectivity index (χ0n) is 5.78. The minimum atomic E-state index is -0.644. The Morgan fingerprint density at radius 3 is 1.44 bits per heavy atom. The van der Waals surface area contributed by atoms with Crippen LogP contribution in [0.4, 0.5) is 0 Å². The number of aliphatic hydroxyl groups is 3. The molecule has 3 nitrogen and oxygen atoms in total. The lowest BCUT2D eigenvalue weighted by atomic mass is 10.00. The predicted octanol–water partition coefficient (Wildman–Crippen LogP) is -0.644. The molecule has 0 saturated heterocycles. The van der Waals surface area contributed by atoms with Gasteiger partial charge in [0.15, 0.2) is 0 Å². The van der Waals surface area contributed by atoms with Crippen molar-refractivity contribution in [3.8, 4) is 0 Å². The summed E-state index contributed by atoms with van der Waals surface area (Å²) >= 11 is 0. The van der Waals surface area contributed by atoms with Crippen LogP contribution in [0.25, 0.3) is 0 Å². The van der Waals surface area contributed by atoms with Gasteiger partial charge in [-0.3, -0.25) is 0 Å². The third kappa shape index (κ3) is 2.79. The van der Waals surface area contributed by atoms with E-state index in [0.29, 0.717) is 0 Å². The molecular formula is C6H14O3. The topological polar surface area (TPSA) is 60.7 Å². The van der Waals surface area contributed by atoms with Gasteiger partial charge in [0.1, 0.15) is 0 Å². The van der Waals surface area contributed by atoms with Gasteiger partial charge >= 0.3 is 0 Å². The molecule has 0 aromatic rings. The Balaban J connectivity index is 3.68. The number of hydrogen-bond donors (Lipinski definition) is 3. The van der Waals surface area contributed by atoms with Crippen LogP contribution in [-0.2, 0) is 0 Å². The second-order valence-electron chi connectivity index (χ2n) is 2.33. The van der Waals surface area contributed by atoms with Crippen LogP contribution in [-0.4, -0.2) is 34.1 Å². The van der Waals surface area contributed by atoms with Crippen molar-refractivity contribution in [2.45, 2.75) is 26.1 Å². The summed E-state index contributed by atoms with van der Waals surface area (Å²) in [6, 6.07) is 0. The van der Waals surface area contributed by atoms with E-state index in [-0.39, 0.29) is 6.61 Å². The van der Waals surface area contributed by atoms with E-state index in [1.807, 2.05) is 0 Å². The first-order valence-corrected chi connectivity index (χ1v) is 3.06. The maximum atomic E-state index is 8.86. The zero-order chi connectivity index (χ0) is 7.44. The summed E-state index contributed by atoms with van der Waals surface area (Å²) in [4.78, 5) is 0. The van der Waals surface area contributed by atoms with Gasteiger partial charge in [0, 0.05) is 5.92 Å². The van der Waals surface area contributed by atoms with Gasteiger partial charge in [0.05, 0.1) is 18.8 Å². The summed E-state index contributed by atoms with van der Waals surface area (Å²) < 4.78 is 0. The molecule has 0 aromatic carbocycles. The predicted molar refractivity (Wildman–Crippen MR) is 33.9 cm³/mol. The highest BCUT2D eigenvalue weighted by atomic mass is 16.3. The molecule has 0 unspecified atom stereocenters. The van der Waals surface area contributed by atoms with Crippen molar-refractivity contribution in [2.24, 2.45) is 5.92 Å². The molecular weight excluding hydrogens is 120 g/mol. The summed E-state index contributed by atoms with van der Waals surface area (Å²) in [6.45, 7) is 2.93. The highest BCUT2D eigenvalue weighted by molar-refractivity contribution is 4.68. The third-order valence-electron chi connectivity index (χ3n) is 1.45. The van der Waals surface area contributed by atoms with Crippen molar-refractivity contribution in [1.82, 2.24) is 0 Å². The molecule has 0 saturated carbocycles. The monoisotopic (exact) mass is 134 g/mol. The summed E-state index contributed by atoms with van der Waals surface area (Å²) in [5, 5.41) is 26.3. The molecule has 0 radical (unpaired) electrons. The molecule has 0 aliphatic rings. The summed E-state index contributed by atoms with van der Waals surface area (Å²) in [7, 11) is 0. The first kappa shape index (κ1) is 8.88. The second-order valence-corrected chi connectivity index (χ2v) is 2.33. The van der Waals surface area contributed by atoms with Gasteiger partial charge in [-0.25, -0.2) is 0 Å². The van der Waals surface area contributed by atoms with Crippen LogP contribution in [0.1, 0.15) is 13.8 Å². The van der Waals surface area contributed by atoms with Gasteiger partial charge < -0.3 is 15.3 Å². The van der Waals surface area contributed by atoms with Crippen LogP contribution in [0.5, 0.6) is 0 Å². The van der Waals surface area contributed by atoms with E-state index in [1.165, 1.54) is 0 Å². The van der Waals surface area contributed by atoms with E-state index in [0.717, 1.165) is 0 Å². The maximum Gasteiger partial charge on any atom is 0.0586 e. The lowest BCUT2D eigenvalue weighted by Crippen LogP contribution is -2.30. The summed E-state index contributed by atoms with van der Waals surface area (Å²) in [6.07, 6.45) is -1.29. The molecule has 0 heterocycles. The number of hydrogen-bond acceptors (Lipinski definition) is 3. The Morgan fingerprint density at radius 2 is 1.44 bits per heavy atom. The fraction of sp³-hybridized carbons (Fsp3) is 1.00. The second kappa shape index (κ2) is 3.82. The molecule has 3 N–H and O–H groups in total. The largest absolute Gasteiger partial charge is 0.396 e. The Bertz CT molecular complexity index is 62.7. The molecule has 0 amide bonds. The molecule has 0 bridgehead atoms. The van der Waals surface area contributed by atoms with Crippen LogP contribution in [0, 0.1) is 5.92 Å². The average molecular weight is 134 g/mol. The Kier molecular flexibility index (Phi) is 3.77. The van der Waals surface area contributed by atoms with Crippen molar-refractivity contribution in [1.29, 1.82) is 0 Å². The normalized spacial score (nSPS) is 18.0. The minimum Gasteiger partial charge on any atom is -0.396 e. The molecule has 9 heavy (non-hydrogen) atoms. The first-order chi connectivity index (χ1) is 4.09. The van der Waals surface area contributed by atoms with E-state index in [9.17, 15) is 0 Å². The fourth-order valence-corrected chi connectivity index (χ4v) is 0.708. The molecule has 0 fully saturated rings. The molecule has 0 rings (SSSR count). The number of aliphatic hydroxyl groups excluding tert-OH is 3. The van der Waals surface area contributed by atoms with E-state index in [2.05, 4.69) is 0 Å². The van der Waals surface area contributed by atoms with Crippen molar-refractivity contribution in [3.05, 3.63) is 0 Å². The molecule has 0 aromatic heterocycles. The van der Waals surface area contributed by atoms with Crippen molar-refractivity contribution >= 4 is 0 Å². The van der Waals surface area contributed by atoms with Crippen LogP contribution >= 0.6 is 0 Å². The van der Waals surface area contributed by atoms with Crippen LogP contribution in [0.3, 0.4) is 0 Å². The molecule has 3 heteroatoms. The SMILES string of the molecule is C[C@H](O)C(CO)[C@H](C)O. The van der Waals surface area contributed by atoms with Crippen molar-refractivity contribution in [2.75, 3.05) is 6.61 Å². The minimum absolute atomic E-state index is 0.171. The van der Waals surface area contributed by atoms with E-state index >= 15 is 0 Å². The van der Waals surface area contributed by atoms with Crippen LogP contribution in [0.15, 0.2) is 0 Å². The molecule has 0 spiro atoms. The van der Waals surface area contributed by atoms with Gasteiger partial charge in [-0.1, -0.05) is 0 Å². The Morgan fingerprint density at radius 1 is 1.11 bits per heavy atom. The highest BCUT2D eigenvalue weighted by Gasteiger charge is 2.18. The molecule has 0 aliphatic heterocycles. The Labute approximate surface area is 54.9 Å². The lowest BCUT2D eigenvalue weighted by molar-refractivity contribution is 0.000560.